The van der Waals surface area contributed by atoms with Gasteiger partial charge in [0, 0.05) is 19.0 Å². The van der Waals surface area contributed by atoms with E-state index in [0.29, 0.717) is 18.7 Å². The Morgan fingerprint density at radius 2 is 1.95 bits per heavy atom. The molecule has 1 N–H and O–H groups in total. The molecule has 100 valence electrons. The Kier molecular flexibility index (Phi) is 4.36. The first-order valence-corrected chi connectivity index (χ1v) is 6.16. The van der Waals surface area contributed by atoms with Crippen LogP contribution in [0, 0.1) is 0 Å². The van der Waals surface area contributed by atoms with Gasteiger partial charge in [-0.2, -0.15) is 0 Å². The van der Waals surface area contributed by atoms with E-state index in [2.05, 4.69) is 0 Å². The zero-order valence-corrected chi connectivity index (χ0v) is 10.9. The predicted molar refractivity (Wildman–Crippen MR) is 72.3 cm³/mol. The number of rotatable bonds is 6. The lowest BCUT2D eigenvalue weighted by molar-refractivity contribution is 0.0694. The number of hydrogen-bond donors (Lipinski definition) is 1. The zero-order chi connectivity index (χ0) is 13.7. The molecule has 0 bridgehead atoms. The largest absolute Gasteiger partial charge is 0.478 e. The first-order chi connectivity index (χ1) is 9.22. The zero-order valence-electron chi connectivity index (χ0n) is 10.9. The fourth-order valence-electron chi connectivity index (χ4n) is 2.15. The van der Waals surface area contributed by atoms with Crippen molar-refractivity contribution < 1.29 is 14.6 Å². The average molecular weight is 259 g/mol. The fraction of sp³-hybridized carbons (Fsp3) is 0.267. The topological polar surface area (TPSA) is 51.5 Å². The van der Waals surface area contributed by atoms with Gasteiger partial charge in [0.1, 0.15) is 6.73 Å². The van der Waals surface area contributed by atoms with E-state index in [9.17, 15) is 9.90 Å². The molecule has 0 saturated heterocycles. The van der Waals surface area contributed by atoms with Gasteiger partial charge in [0.25, 0.3) is 0 Å². The Labute approximate surface area is 112 Å². The van der Waals surface area contributed by atoms with Crippen molar-refractivity contribution in [3.8, 4) is 0 Å². The second-order valence-electron chi connectivity index (χ2n) is 4.35. The summed E-state index contributed by atoms with van der Waals surface area (Å²) in [6.07, 6.45) is 3.25. The van der Waals surface area contributed by atoms with E-state index in [1.807, 2.05) is 34.9 Å². The summed E-state index contributed by atoms with van der Waals surface area (Å²) in [4.78, 5) is 11.2. The third-order valence-corrected chi connectivity index (χ3v) is 3.07. The van der Waals surface area contributed by atoms with Crippen molar-refractivity contribution in [1.82, 2.24) is 4.57 Å². The lowest BCUT2D eigenvalue weighted by Crippen LogP contribution is -2.09. The van der Waals surface area contributed by atoms with Gasteiger partial charge < -0.3 is 14.4 Å². The molecule has 1 aromatic heterocycles. The van der Waals surface area contributed by atoms with Gasteiger partial charge in [0.2, 0.25) is 0 Å². The van der Waals surface area contributed by atoms with Gasteiger partial charge in [0.05, 0.1) is 5.56 Å². The number of hydrogen-bond acceptors (Lipinski definition) is 2. The van der Waals surface area contributed by atoms with Gasteiger partial charge in [-0.25, -0.2) is 4.79 Å². The molecule has 0 atom stereocenters. The highest BCUT2D eigenvalue weighted by Crippen LogP contribution is 2.15. The predicted octanol–water partition coefficient (Wildman–Crippen LogP) is 2.58. The molecule has 0 saturated carbocycles. The van der Waals surface area contributed by atoms with Crippen LogP contribution in [-0.2, 0) is 24.3 Å². The molecule has 0 amide bonds. The van der Waals surface area contributed by atoms with Crippen molar-refractivity contribution in [3.05, 3.63) is 59.4 Å². The number of nitrogens with zero attached hydrogens (tertiary/aromatic N) is 1. The number of benzene rings is 1. The highest BCUT2D eigenvalue weighted by molar-refractivity contribution is 5.89. The van der Waals surface area contributed by atoms with E-state index < -0.39 is 5.97 Å². The van der Waals surface area contributed by atoms with E-state index in [1.54, 1.807) is 19.4 Å². The molecule has 0 unspecified atom stereocenters. The van der Waals surface area contributed by atoms with E-state index in [-0.39, 0.29) is 0 Å². The summed E-state index contributed by atoms with van der Waals surface area (Å²) >= 11 is 0. The SMILES string of the molecule is COCn1ccc(C(=O)O)c1CCc1ccccc1. The molecule has 0 aliphatic carbocycles. The maximum absolute atomic E-state index is 11.2. The molecule has 0 spiro atoms. The van der Waals surface area contributed by atoms with E-state index in [0.717, 1.165) is 12.1 Å². The van der Waals surface area contributed by atoms with E-state index in [1.165, 1.54) is 5.56 Å². The minimum Gasteiger partial charge on any atom is -0.478 e. The second kappa shape index (κ2) is 6.20. The monoisotopic (exact) mass is 259 g/mol. The minimum atomic E-state index is -0.891. The molecular formula is C15H17NO3. The summed E-state index contributed by atoms with van der Waals surface area (Å²) < 4.78 is 6.92. The van der Waals surface area contributed by atoms with Gasteiger partial charge in [-0.1, -0.05) is 30.3 Å². The van der Waals surface area contributed by atoms with Crippen LogP contribution in [0.5, 0.6) is 0 Å². The summed E-state index contributed by atoms with van der Waals surface area (Å²) in [5.41, 5.74) is 2.36. The Morgan fingerprint density at radius 3 is 2.58 bits per heavy atom. The van der Waals surface area contributed by atoms with Gasteiger partial charge in [0.15, 0.2) is 0 Å². The number of carboxylic acid groups (broad SMARTS) is 1. The van der Waals surface area contributed by atoms with Crippen molar-refractivity contribution in [2.24, 2.45) is 0 Å². The fourth-order valence-corrected chi connectivity index (χ4v) is 2.15. The number of ether oxygens (including phenoxy) is 1. The van der Waals surface area contributed by atoms with Crippen LogP contribution in [0.25, 0.3) is 0 Å². The molecule has 0 aliphatic rings. The Bertz CT molecular complexity index is 546. The van der Waals surface area contributed by atoms with Crippen LogP contribution < -0.4 is 0 Å². The molecular weight excluding hydrogens is 242 g/mol. The molecule has 1 heterocycles. The lowest BCUT2D eigenvalue weighted by atomic mass is 10.1. The molecule has 2 rings (SSSR count). The molecule has 2 aromatic rings. The van der Waals surface area contributed by atoms with Crippen LogP contribution in [0.1, 0.15) is 21.6 Å². The highest BCUT2D eigenvalue weighted by atomic mass is 16.5. The number of aromatic nitrogens is 1. The van der Waals surface area contributed by atoms with Crippen molar-refractivity contribution in [2.75, 3.05) is 7.11 Å². The first-order valence-electron chi connectivity index (χ1n) is 6.16. The van der Waals surface area contributed by atoms with Crippen LogP contribution in [0.15, 0.2) is 42.6 Å². The average Bonchev–Trinajstić information content (AvgIpc) is 2.81. The van der Waals surface area contributed by atoms with Gasteiger partial charge in [-0.05, 0) is 24.5 Å². The quantitative estimate of drug-likeness (QED) is 0.867. The third kappa shape index (κ3) is 3.23. The number of aromatic carboxylic acids is 1. The molecule has 0 aliphatic heterocycles. The second-order valence-corrected chi connectivity index (χ2v) is 4.35. The van der Waals surface area contributed by atoms with Crippen LogP contribution in [0.2, 0.25) is 0 Å². The highest BCUT2D eigenvalue weighted by Gasteiger charge is 2.14. The van der Waals surface area contributed by atoms with Crippen LogP contribution >= 0.6 is 0 Å². The molecule has 0 radical (unpaired) electrons. The maximum atomic E-state index is 11.2. The summed E-state index contributed by atoms with van der Waals surface area (Å²) in [6, 6.07) is 11.7. The number of aryl methyl sites for hydroxylation is 1. The number of carboxylic acids is 1. The van der Waals surface area contributed by atoms with Crippen molar-refractivity contribution in [1.29, 1.82) is 0 Å². The molecule has 0 fully saturated rings. The van der Waals surface area contributed by atoms with Crippen LogP contribution in [0.4, 0.5) is 0 Å². The molecule has 4 heteroatoms. The summed E-state index contributed by atoms with van der Waals surface area (Å²) in [6.45, 7) is 0.372. The molecule has 4 nitrogen and oxygen atoms in total. The smallest absolute Gasteiger partial charge is 0.337 e. The van der Waals surface area contributed by atoms with E-state index >= 15 is 0 Å². The van der Waals surface area contributed by atoms with Crippen molar-refractivity contribution in [3.63, 3.8) is 0 Å². The van der Waals surface area contributed by atoms with Gasteiger partial charge >= 0.3 is 5.97 Å². The molecule has 1 aromatic carbocycles. The maximum Gasteiger partial charge on any atom is 0.337 e. The number of carbonyl (C=O) groups is 1. The summed E-state index contributed by atoms with van der Waals surface area (Å²) in [7, 11) is 1.60. The number of methoxy groups -OCH3 is 1. The Hall–Kier alpha value is -2.07. The van der Waals surface area contributed by atoms with Crippen LogP contribution in [-0.4, -0.2) is 22.8 Å². The Balaban J connectivity index is 2.17. The standard InChI is InChI=1S/C15H17NO3/c1-19-11-16-10-9-13(15(17)18)14(16)8-7-12-5-3-2-4-6-12/h2-6,9-10H,7-8,11H2,1H3,(H,17,18). The van der Waals surface area contributed by atoms with Crippen molar-refractivity contribution >= 4 is 5.97 Å². The Morgan fingerprint density at radius 1 is 1.21 bits per heavy atom. The first kappa shape index (κ1) is 13.4. The normalized spacial score (nSPS) is 10.6. The van der Waals surface area contributed by atoms with Gasteiger partial charge in [-0.3, -0.25) is 0 Å². The minimum absolute atomic E-state index is 0.355. The lowest BCUT2D eigenvalue weighted by Gasteiger charge is -2.09. The summed E-state index contributed by atoms with van der Waals surface area (Å²) in [5.74, 6) is -0.891. The summed E-state index contributed by atoms with van der Waals surface area (Å²) in [5, 5.41) is 9.19. The van der Waals surface area contributed by atoms with Crippen LogP contribution in [0.3, 0.4) is 0 Å². The molecule has 19 heavy (non-hydrogen) atoms. The van der Waals surface area contributed by atoms with Gasteiger partial charge in [-0.15, -0.1) is 0 Å². The third-order valence-electron chi connectivity index (χ3n) is 3.07. The van der Waals surface area contributed by atoms with Crippen molar-refractivity contribution in [2.45, 2.75) is 19.6 Å². The van der Waals surface area contributed by atoms with E-state index in [4.69, 9.17) is 4.74 Å².